The van der Waals surface area contributed by atoms with Crippen LogP contribution < -0.4 is 4.90 Å². The largest absolute Gasteiger partial charge is 0.368 e. The number of carbonyl (C=O) groups excluding carboxylic acids is 2. The standard InChI is InChI=1S/C18H22ClNO3/c1-3-14(19)17(21)12-6-7-15-13(10-12)9-11(2)20(15)18(22)16-5-4-8-23-16/h6-7,10-11,14,16H,3-5,8-9H2,1-2H3. The Bertz CT molecular complexity index is 625. The maximum atomic E-state index is 12.7. The van der Waals surface area contributed by atoms with E-state index in [1.54, 1.807) is 6.07 Å². The zero-order valence-electron chi connectivity index (χ0n) is 13.5. The molecule has 2 aliphatic heterocycles. The quantitative estimate of drug-likeness (QED) is 0.626. The number of benzene rings is 1. The lowest BCUT2D eigenvalue weighted by molar-refractivity contribution is -0.127. The third-order valence-electron chi connectivity index (χ3n) is 4.67. The lowest BCUT2D eigenvalue weighted by Crippen LogP contribution is -2.42. The first-order chi connectivity index (χ1) is 11.0. The molecule has 124 valence electrons. The fourth-order valence-corrected chi connectivity index (χ4v) is 3.54. The van der Waals surface area contributed by atoms with Crippen LogP contribution in [0.4, 0.5) is 5.69 Å². The Kier molecular flexibility index (Phi) is 4.74. The van der Waals surface area contributed by atoms with Crippen molar-refractivity contribution in [2.75, 3.05) is 11.5 Å². The van der Waals surface area contributed by atoms with Crippen molar-refractivity contribution in [3.8, 4) is 0 Å². The first-order valence-corrected chi connectivity index (χ1v) is 8.72. The lowest BCUT2D eigenvalue weighted by atomic mass is 10.0. The number of fused-ring (bicyclic) bond motifs is 1. The molecule has 3 unspecified atom stereocenters. The van der Waals surface area contributed by atoms with Crippen LogP contribution in [-0.4, -0.2) is 35.8 Å². The Hall–Kier alpha value is -1.39. The van der Waals surface area contributed by atoms with E-state index in [1.807, 2.05) is 30.9 Å². The molecule has 1 fully saturated rings. The van der Waals surface area contributed by atoms with Crippen LogP contribution >= 0.6 is 11.6 Å². The van der Waals surface area contributed by atoms with Crippen molar-refractivity contribution in [2.24, 2.45) is 0 Å². The van der Waals surface area contributed by atoms with Crippen LogP contribution in [0.3, 0.4) is 0 Å². The van der Waals surface area contributed by atoms with Crippen molar-refractivity contribution in [2.45, 2.75) is 57.1 Å². The summed E-state index contributed by atoms with van der Waals surface area (Å²) in [4.78, 5) is 26.8. The summed E-state index contributed by atoms with van der Waals surface area (Å²) in [6, 6.07) is 5.63. The average molecular weight is 336 g/mol. The van der Waals surface area contributed by atoms with Gasteiger partial charge >= 0.3 is 0 Å². The van der Waals surface area contributed by atoms with Crippen molar-refractivity contribution in [3.63, 3.8) is 0 Å². The molecular formula is C18H22ClNO3. The topological polar surface area (TPSA) is 46.6 Å². The van der Waals surface area contributed by atoms with E-state index in [0.29, 0.717) is 18.6 Å². The molecular weight excluding hydrogens is 314 g/mol. The van der Waals surface area contributed by atoms with Crippen LogP contribution in [0.1, 0.15) is 49.0 Å². The van der Waals surface area contributed by atoms with Crippen LogP contribution in [0.2, 0.25) is 0 Å². The average Bonchev–Trinajstić information content (AvgIpc) is 3.19. The molecule has 0 aliphatic carbocycles. The van der Waals surface area contributed by atoms with E-state index >= 15 is 0 Å². The normalized spacial score (nSPS) is 24.6. The van der Waals surface area contributed by atoms with E-state index in [2.05, 4.69) is 0 Å². The molecule has 1 aromatic rings. The summed E-state index contributed by atoms with van der Waals surface area (Å²) in [6.45, 7) is 4.59. The van der Waals surface area contributed by atoms with Crippen molar-refractivity contribution >= 4 is 29.0 Å². The van der Waals surface area contributed by atoms with Gasteiger partial charge in [-0.3, -0.25) is 9.59 Å². The molecule has 2 heterocycles. The maximum Gasteiger partial charge on any atom is 0.256 e. The van der Waals surface area contributed by atoms with Crippen molar-refractivity contribution in [1.82, 2.24) is 0 Å². The Morgan fingerprint density at radius 1 is 1.43 bits per heavy atom. The Morgan fingerprint density at radius 3 is 2.87 bits per heavy atom. The number of rotatable bonds is 4. The Morgan fingerprint density at radius 2 is 2.22 bits per heavy atom. The summed E-state index contributed by atoms with van der Waals surface area (Å²) in [5, 5.41) is -0.489. The molecule has 3 rings (SSSR count). The molecule has 2 aliphatic rings. The highest BCUT2D eigenvalue weighted by Crippen LogP contribution is 2.35. The highest BCUT2D eigenvalue weighted by molar-refractivity contribution is 6.33. The lowest BCUT2D eigenvalue weighted by Gasteiger charge is -2.25. The number of halogens is 1. The summed E-state index contributed by atoms with van der Waals surface area (Å²) in [7, 11) is 0. The van der Waals surface area contributed by atoms with Gasteiger partial charge in [0.1, 0.15) is 6.10 Å². The second-order valence-corrected chi connectivity index (χ2v) is 6.87. The van der Waals surface area contributed by atoms with Crippen molar-refractivity contribution < 1.29 is 14.3 Å². The molecule has 4 nitrogen and oxygen atoms in total. The summed E-state index contributed by atoms with van der Waals surface area (Å²) in [5.41, 5.74) is 2.57. The molecule has 0 radical (unpaired) electrons. The third-order valence-corrected chi connectivity index (χ3v) is 5.17. The molecule has 0 saturated carbocycles. The highest BCUT2D eigenvalue weighted by atomic mass is 35.5. The molecule has 1 saturated heterocycles. The van der Waals surface area contributed by atoms with Gasteiger partial charge in [-0.05, 0) is 56.4 Å². The van der Waals surface area contributed by atoms with Gasteiger partial charge in [0.2, 0.25) is 0 Å². The SMILES string of the molecule is CCC(Cl)C(=O)c1ccc2c(c1)CC(C)N2C(=O)C1CCCO1. The number of alkyl halides is 1. The summed E-state index contributed by atoms with van der Waals surface area (Å²) < 4.78 is 5.54. The predicted molar refractivity (Wildman–Crippen MR) is 90.3 cm³/mol. The maximum absolute atomic E-state index is 12.7. The molecule has 0 spiro atoms. The van der Waals surface area contributed by atoms with Gasteiger partial charge in [0.25, 0.3) is 5.91 Å². The zero-order valence-corrected chi connectivity index (χ0v) is 14.3. The van der Waals surface area contributed by atoms with Gasteiger partial charge in [0.05, 0.1) is 5.38 Å². The Balaban J connectivity index is 1.86. The van der Waals surface area contributed by atoms with Crippen LogP contribution in [-0.2, 0) is 16.0 Å². The van der Waals surface area contributed by atoms with Gasteiger partial charge in [0, 0.05) is 23.9 Å². The molecule has 23 heavy (non-hydrogen) atoms. The molecule has 3 atom stereocenters. The van der Waals surface area contributed by atoms with Crippen LogP contribution in [0.25, 0.3) is 0 Å². The fraction of sp³-hybridized carbons (Fsp3) is 0.556. The van der Waals surface area contributed by atoms with E-state index in [-0.39, 0.29) is 23.8 Å². The number of amides is 1. The van der Waals surface area contributed by atoms with Crippen molar-refractivity contribution in [3.05, 3.63) is 29.3 Å². The van der Waals surface area contributed by atoms with E-state index in [9.17, 15) is 9.59 Å². The van der Waals surface area contributed by atoms with Gasteiger partial charge in [-0.25, -0.2) is 0 Å². The third kappa shape index (κ3) is 3.02. The van der Waals surface area contributed by atoms with E-state index in [1.165, 1.54) is 0 Å². The van der Waals surface area contributed by atoms with Gasteiger partial charge in [-0.1, -0.05) is 6.92 Å². The monoisotopic (exact) mass is 335 g/mol. The van der Waals surface area contributed by atoms with Crippen LogP contribution in [0, 0.1) is 0 Å². The molecule has 1 amide bonds. The minimum Gasteiger partial charge on any atom is -0.368 e. The van der Waals surface area contributed by atoms with E-state index in [4.69, 9.17) is 16.3 Å². The van der Waals surface area contributed by atoms with Crippen molar-refractivity contribution in [1.29, 1.82) is 0 Å². The molecule has 0 bridgehead atoms. The van der Waals surface area contributed by atoms with E-state index in [0.717, 1.165) is 30.5 Å². The summed E-state index contributed by atoms with van der Waals surface area (Å²) in [5.74, 6) is -0.00914. The number of ketones is 1. The minimum absolute atomic E-state index is 0.0385. The second kappa shape index (κ2) is 6.62. The van der Waals surface area contributed by atoms with Gasteiger partial charge in [0.15, 0.2) is 5.78 Å². The highest BCUT2D eigenvalue weighted by Gasteiger charge is 2.36. The summed E-state index contributed by atoms with van der Waals surface area (Å²) in [6.07, 6.45) is 2.77. The van der Waals surface area contributed by atoms with Gasteiger partial charge in [-0.15, -0.1) is 11.6 Å². The number of carbonyl (C=O) groups is 2. The molecule has 0 N–H and O–H groups in total. The smallest absolute Gasteiger partial charge is 0.256 e. The summed E-state index contributed by atoms with van der Waals surface area (Å²) >= 11 is 6.06. The number of ether oxygens (including phenoxy) is 1. The number of Topliss-reactive ketones (excluding diaryl/α,β-unsaturated/α-hetero) is 1. The number of hydrogen-bond acceptors (Lipinski definition) is 3. The molecule has 1 aromatic carbocycles. The number of nitrogens with zero attached hydrogens (tertiary/aromatic N) is 1. The van der Waals surface area contributed by atoms with Crippen LogP contribution in [0.5, 0.6) is 0 Å². The number of hydrogen-bond donors (Lipinski definition) is 0. The van der Waals surface area contributed by atoms with Crippen LogP contribution in [0.15, 0.2) is 18.2 Å². The predicted octanol–water partition coefficient (Wildman–Crippen LogP) is 3.34. The zero-order chi connectivity index (χ0) is 16.6. The molecule has 0 aromatic heterocycles. The van der Waals surface area contributed by atoms with Gasteiger partial charge < -0.3 is 9.64 Å². The first-order valence-electron chi connectivity index (χ1n) is 8.28. The van der Waals surface area contributed by atoms with E-state index < -0.39 is 5.38 Å². The Labute approximate surface area is 141 Å². The number of anilines is 1. The molecule has 5 heteroatoms. The minimum atomic E-state index is -0.489. The fourth-order valence-electron chi connectivity index (χ4n) is 3.41. The van der Waals surface area contributed by atoms with Gasteiger partial charge in [-0.2, -0.15) is 0 Å². The second-order valence-electron chi connectivity index (χ2n) is 6.35. The first kappa shape index (κ1) is 16.5.